The molecule has 1 spiro atoms. The Hall–Kier alpha value is -4.46. The van der Waals surface area contributed by atoms with E-state index in [-0.39, 0.29) is 45.8 Å². The quantitative estimate of drug-likeness (QED) is 0.293. The monoisotopic (exact) mass is 616 g/mol. The van der Waals surface area contributed by atoms with Crippen molar-refractivity contribution in [1.29, 1.82) is 0 Å². The number of carbonyl (C=O) groups excluding carboxylic acids is 2. The summed E-state index contributed by atoms with van der Waals surface area (Å²) >= 11 is 0. The Morgan fingerprint density at radius 1 is 1.05 bits per heavy atom. The number of likely N-dealkylation sites (tertiary alicyclic amines) is 1. The van der Waals surface area contributed by atoms with Crippen LogP contribution in [-0.2, 0) is 6.18 Å². The lowest BCUT2D eigenvalue weighted by molar-refractivity contribution is -0.139. The molecule has 1 aliphatic carbocycles. The van der Waals surface area contributed by atoms with Crippen molar-refractivity contribution in [3.63, 3.8) is 0 Å². The molecule has 3 aromatic rings. The van der Waals surface area contributed by atoms with Gasteiger partial charge in [-0.25, -0.2) is 9.37 Å². The molecule has 0 unspecified atom stereocenters. The summed E-state index contributed by atoms with van der Waals surface area (Å²) in [6.07, 6.45) is 0.257. The number of hydrogen-bond acceptors (Lipinski definition) is 8. The third-order valence-electron chi connectivity index (χ3n) is 8.38. The maximum absolute atomic E-state index is 15.2. The second-order valence-electron chi connectivity index (χ2n) is 10.9. The van der Waals surface area contributed by atoms with E-state index in [0.29, 0.717) is 6.20 Å². The van der Waals surface area contributed by atoms with Crippen LogP contribution in [0, 0.1) is 5.82 Å². The van der Waals surface area contributed by atoms with Crippen LogP contribution in [-0.4, -0.2) is 66.0 Å². The molecule has 2 heterocycles. The average molecular weight is 617 g/mol. The number of ether oxygens (including phenoxy) is 2. The van der Waals surface area contributed by atoms with Crippen molar-refractivity contribution in [3.8, 4) is 17.4 Å². The minimum atomic E-state index is -4.89. The number of alkyl halides is 3. The summed E-state index contributed by atoms with van der Waals surface area (Å²) in [7, 11) is 4.77. The van der Waals surface area contributed by atoms with Gasteiger partial charge in [0.15, 0.2) is 0 Å². The molecule has 2 amide bonds. The normalized spacial score (nSPS) is 20.0. The molecule has 1 aliphatic heterocycles. The predicted molar refractivity (Wildman–Crippen MR) is 153 cm³/mol. The summed E-state index contributed by atoms with van der Waals surface area (Å²) in [4.78, 5) is 35.2. The molecule has 2 fully saturated rings. The number of nitrogens with one attached hydrogen (secondary N) is 3. The number of methoxy groups -OCH3 is 1. The van der Waals surface area contributed by atoms with Gasteiger partial charge < -0.3 is 30.3 Å². The van der Waals surface area contributed by atoms with Gasteiger partial charge in [-0.15, -0.1) is 0 Å². The first-order valence-electron chi connectivity index (χ1n) is 14.0. The zero-order valence-corrected chi connectivity index (χ0v) is 24.3. The molecule has 2 aliphatic rings. The summed E-state index contributed by atoms with van der Waals surface area (Å²) in [6, 6.07) is 7.81. The number of para-hydroxylation sites is 1. The van der Waals surface area contributed by atoms with E-state index in [9.17, 15) is 22.8 Å². The highest BCUT2D eigenvalue weighted by Crippen LogP contribution is 2.42. The zero-order chi connectivity index (χ0) is 31.6. The van der Waals surface area contributed by atoms with E-state index in [4.69, 9.17) is 9.47 Å². The third-order valence-corrected chi connectivity index (χ3v) is 8.38. The first-order chi connectivity index (χ1) is 20.9. The fraction of sp³-hybridized carbons (Fsp3) is 0.400. The first-order valence-corrected chi connectivity index (χ1v) is 14.0. The topological polar surface area (TPSA) is 118 Å². The number of hydrogen-bond donors (Lipinski definition) is 3. The number of halogens is 4. The van der Waals surface area contributed by atoms with Crippen LogP contribution in [0.3, 0.4) is 0 Å². The van der Waals surface area contributed by atoms with Crippen molar-refractivity contribution in [2.45, 2.75) is 49.9 Å². The average Bonchev–Trinajstić information content (AvgIpc) is 3.00. The van der Waals surface area contributed by atoms with Crippen LogP contribution in [0.4, 0.5) is 29.2 Å². The second-order valence-corrected chi connectivity index (χ2v) is 10.9. The molecule has 3 N–H and O–H groups in total. The standard InChI is InChI=1S/C30H32F4N6O4/c1-35-25(41)18-6-4-5-7-23(18)44-27-20(30(32,33)34)16-36-28(39-27)38-22-15-21(31)19(14-24(22)43-3)26(42)37-17-8-10-29(11-9-17)12-13-40(29)2/h4-7,14-17H,8-13H2,1-3H3,(H,35,41)(H,37,42)(H,36,38,39). The number of amides is 2. The number of benzene rings is 2. The van der Waals surface area contributed by atoms with E-state index < -0.39 is 35.3 Å². The van der Waals surface area contributed by atoms with E-state index in [1.807, 2.05) is 0 Å². The fourth-order valence-electron chi connectivity index (χ4n) is 5.64. The number of nitrogens with zero attached hydrogens (tertiary/aromatic N) is 3. The van der Waals surface area contributed by atoms with Gasteiger partial charge in [-0.1, -0.05) is 12.1 Å². The Labute approximate surface area is 251 Å². The SMILES string of the molecule is CNC(=O)c1ccccc1Oc1nc(Nc2cc(F)c(C(=O)NC3CCC4(CC3)CCN4C)cc2OC)ncc1C(F)(F)F. The van der Waals surface area contributed by atoms with Crippen LogP contribution in [0.25, 0.3) is 0 Å². The Kier molecular flexibility index (Phi) is 8.64. The summed E-state index contributed by atoms with van der Waals surface area (Å²) in [5.41, 5.74) is -1.38. The first kappa shape index (κ1) is 31.0. The molecule has 1 aromatic heterocycles. The largest absolute Gasteiger partial charge is 0.495 e. The molecule has 10 nitrogen and oxygen atoms in total. The van der Waals surface area contributed by atoms with Gasteiger partial charge in [0, 0.05) is 37.4 Å². The van der Waals surface area contributed by atoms with Crippen LogP contribution in [0.2, 0.25) is 0 Å². The summed E-state index contributed by atoms with van der Waals surface area (Å²) in [6.45, 7) is 1.07. The van der Waals surface area contributed by atoms with E-state index in [0.717, 1.165) is 44.7 Å². The number of rotatable bonds is 8. The van der Waals surface area contributed by atoms with Gasteiger partial charge in [0.2, 0.25) is 11.8 Å². The molecule has 0 bridgehead atoms. The molecular weight excluding hydrogens is 584 g/mol. The highest BCUT2D eigenvalue weighted by molar-refractivity contribution is 5.97. The van der Waals surface area contributed by atoms with Crippen molar-refractivity contribution in [1.82, 2.24) is 25.5 Å². The maximum atomic E-state index is 15.2. The van der Waals surface area contributed by atoms with Crippen molar-refractivity contribution < 1.29 is 36.6 Å². The zero-order valence-electron chi connectivity index (χ0n) is 24.3. The predicted octanol–water partition coefficient (Wildman–Crippen LogP) is 5.29. The molecule has 1 saturated carbocycles. The van der Waals surface area contributed by atoms with Gasteiger partial charge in [0.05, 0.1) is 23.9 Å². The molecular formula is C30H32F4N6O4. The Balaban J connectivity index is 1.36. The maximum Gasteiger partial charge on any atom is 0.423 e. The fourth-order valence-corrected chi connectivity index (χ4v) is 5.64. The van der Waals surface area contributed by atoms with Gasteiger partial charge in [-0.2, -0.15) is 18.2 Å². The number of aromatic nitrogens is 2. The van der Waals surface area contributed by atoms with Crippen molar-refractivity contribution >= 4 is 23.5 Å². The van der Waals surface area contributed by atoms with Crippen LogP contribution in [0.15, 0.2) is 42.6 Å². The molecule has 5 rings (SSSR count). The van der Waals surface area contributed by atoms with Crippen LogP contribution < -0.4 is 25.4 Å². The summed E-state index contributed by atoms with van der Waals surface area (Å²) < 4.78 is 67.5. The smallest absolute Gasteiger partial charge is 0.423 e. The van der Waals surface area contributed by atoms with Crippen LogP contribution in [0.1, 0.15) is 58.4 Å². The lowest BCUT2D eigenvalue weighted by Gasteiger charge is -2.54. The van der Waals surface area contributed by atoms with Crippen molar-refractivity contribution in [2.24, 2.45) is 0 Å². The lowest BCUT2D eigenvalue weighted by Crippen LogP contribution is -2.60. The lowest BCUT2D eigenvalue weighted by atomic mass is 9.71. The molecule has 0 atom stereocenters. The van der Waals surface area contributed by atoms with Crippen LogP contribution >= 0.6 is 0 Å². The Morgan fingerprint density at radius 3 is 2.39 bits per heavy atom. The van der Waals surface area contributed by atoms with Gasteiger partial charge in [-0.05, 0) is 57.4 Å². The molecule has 2 aromatic carbocycles. The van der Waals surface area contributed by atoms with Gasteiger partial charge >= 0.3 is 6.18 Å². The van der Waals surface area contributed by atoms with Gasteiger partial charge in [0.25, 0.3) is 11.8 Å². The van der Waals surface area contributed by atoms with E-state index in [1.165, 1.54) is 44.5 Å². The molecule has 0 radical (unpaired) electrons. The van der Waals surface area contributed by atoms with E-state index in [1.54, 1.807) is 0 Å². The molecule has 44 heavy (non-hydrogen) atoms. The van der Waals surface area contributed by atoms with Crippen molar-refractivity contribution in [2.75, 3.05) is 33.1 Å². The highest BCUT2D eigenvalue weighted by Gasteiger charge is 2.44. The van der Waals surface area contributed by atoms with Gasteiger partial charge in [0.1, 0.15) is 22.9 Å². The molecule has 14 heteroatoms. The number of carbonyl (C=O) groups is 2. The number of anilines is 2. The Morgan fingerprint density at radius 2 is 1.77 bits per heavy atom. The minimum absolute atomic E-state index is 0.0167. The molecule has 1 saturated heterocycles. The second kappa shape index (κ2) is 12.3. The Bertz CT molecular complexity index is 1560. The van der Waals surface area contributed by atoms with Crippen LogP contribution in [0.5, 0.6) is 17.4 Å². The highest BCUT2D eigenvalue weighted by atomic mass is 19.4. The van der Waals surface area contributed by atoms with Crippen molar-refractivity contribution in [3.05, 3.63) is 65.1 Å². The summed E-state index contributed by atoms with van der Waals surface area (Å²) in [5, 5.41) is 7.95. The van der Waals surface area contributed by atoms with E-state index in [2.05, 4.69) is 37.9 Å². The van der Waals surface area contributed by atoms with E-state index >= 15 is 4.39 Å². The molecule has 234 valence electrons. The third kappa shape index (κ3) is 6.25. The summed E-state index contributed by atoms with van der Waals surface area (Å²) in [5.74, 6) is -3.45. The van der Waals surface area contributed by atoms with Gasteiger partial charge in [-0.3, -0.25) is 9.59 Å². The minimum Gasteiger partial charge on any atom is -0.495 e.